The van der Waals surface area contributed by atoms with Gasteiger partial charge in [-0.2, -0.15) is 0 Å². The van der Waals surface area contributed by atoms with E-state index in [4.69, 9.17) is 42.6 Å². The van der Waals surface area contributed by atoms with Crippen molar-refractivity contribution in [3.8, 4) is 0 Å². The summed E-state index contributed by atoms with van der Waals surface area (Å²) < 4.78 is 54.3. The Hall–Kier alpha value is -1.18. The van der Waals surface area contributed by atoms with Gasteiger partial charge in [-0.05, 0) is 107 Å². The van der Waals surface area contributed by atoms with Gasteiger partial charge in [0, 0.05) is 12.3 Å². The quantitative estimate of drug-likeness (QED) is 0.0778. The highest BCUT2D eigenvalue weighted by molar-refractivity contribution is 5.26. The van der Waals surface area contributed by atoms with E-state index in [0.717, 1.165) is 32.1 Å². The van der Waals surface area contributed by atoms with Crippen LogP contribution >= 0.6 is 0 Å². The average molecular weight is 1070 g/mol. The highest BCUT2D eigenvalue weighted by Gasteiger charge is 2.68. The van der Waals surface area contributed by atoms with Gasteiger partial charge in [0.25, 0.3) is 0 Å². The summed E-state index contributed by atoms with van der Waals surface area (Å²) in [7, 11) is 0. The van der Waals surface area contributed by atoms with Gasteiger partial charge >= 0.3 is 0 Å². The number of ether oxygens (including phenoxy) is 9. The molecule has 426 valence electrons. The molecule has 0 aromatic heterocycles. The lowest BCUT2D eigenvalue weighted by Gasteiger charge is -2.58. The molecule has 31 unspecified atom stereocenters. The molecule has 0 spiro atoms. The van der Waals surface area contributed by atoms with Crippen LogP contribution in [0.3, 0.4) is 0 Å². The second-order valence-corrected chi connectivity index (χ2v) is 24.1. The van der Waals surface area contributed by atoms with Crippen LogP contribution in [0.2, 0.25) is 0 Å². The molecule has 0 radical (unpaired) electrons. The third kappa shape index (κ3) is 10.2. The fourth-order valence-electron chi connectivity index (χ4n) is 14.9. The number of aliphatic hydroxyl groups is 14. The maximum absolute atomic E-state index is 12.1. The molecule has 5 heterocycles. The lowest BCUT2D eigenvalue weighted by molar-refractivity contribution is -0.388. The third-order valence-corrected chi connectivity index (χ3v) is 19.5. The minimum absolute atomic E-state index is 0.0600. The van der Waals surface area contributed by atoms with Crippen molar-refractivity contribution in [1.29, 1.82) is 0 Å². The van der Waals surface area contributed by atoms with Gasteiger partial charge in [-0.1, -0.05) is 32.4 Å². The highest BCUT2D eigenvalue weighted by atomic mass is 16.8. The van der Waals surface area contributed by atoms with Crippen LogP contribution in [0.15, 0.2) is 11.6 Å². The van der Waals surface area contributed by atoms with Gasteiger partial charge in [-0.3, -0.25) is 0 Å². The fraction of sp³-hybridized carbons (Fsp3) is 0.961. The number of rotatable bonds is 14. The molecule has 0 bridgehead atoms. The number of hydrogen-bond acceptors (Lipinski definition) is 23. The molecule has 23 heteroatoms. The predicted octanol–water partition coefficient (Wildman–Crippen LogP) is -2.86. The second-order valence-electron chi connectivity index (χ2n) is 24.1. The minimum atomic E-state index is -1.76. The Labute approximate surface area is 430 Å². The van der Waals surface area contributed by atoms with E-state index in [1.54, 1.807) is 0 Å². The first-order valence-electron chi connectivity index (χ1n) is 26.8. The fourth-order valence-corrected chi connectivity index (χ4v) is 14.9. The second kappa shape index (κ2) is 21.7. The van der Waals surface area contributed by atoms with Crippen molar-refractivity contribution in [3.63, 3.8) is 0 Å². The van der Waals surface area contributed by atoms with Crippen LogP contribution in [0.25, 0.3) is 0 Å². The summed E-state index contributed by atoms with van der Waals surface area (Å²) in [6.45, 7) is 9.53. The molecule has 3 saturated carbocycles. The zero-order chi connectivity index (χ0) is 53.7. The molecule has 0 aromatic carbocycles. The van der Waals surface area contributed by atoms with E-state index in [1.807, 2.05) is 6.92 Å². The number of allylic oxidation sites excluding steroid dienone is 1. The molecule has 8 fully saturated rings. The monoisotopic (exact) mass is 1060 g/mol. The lowest BCUT2D eigenvalue weighted by atomic mass is 9.47. The van der Waals surface area contributed by atoms with E-state index in [2.05, 4.69) is 19.9 Å². The Bertz CT molecular complexity index is 1950. The van der Waals surface area contributed by atoms with Crippen molar-refractivity contribution in [2.45, 2.75) is 246 Å². The van der Waals surface area contributed by atoms with Crippen molar-refractivity contribution >= 4 is 0 Å². The number of aliphatic hydroxyl groups excluding tert-OH is 12. The van der Waals surface area contributed by atoms with Crippen LogP contribution in [-0.4, -0.2) is 238 Å². The van der Waals surface area contributed by atoms with E-state index >= 15 is 0 Å². The van der Waals surface area contributed by atoms with Gasteiger partial charge in [0.05, 0.1) is 49.8 Å². The zero-order valence-corrected chi connectivity index (χ0v) is 43.1. The zero-order valence-electron chi connectivity index (χ0n) is 43.1. The van der Waals surface area contributed by atoms with Gasteiger partial charge in [-0.25, -0.2) is 0 Å². The van der Waals surface area contributed by atoms with E-state index in [-0.39, 0.29) is 48.2 Å². The van der Waals surface area contributed by atoms with Crippen molar-refractivity contribution in [1.82, 2.24) is 0 Å². The SMILES string of the molecule is CC1OC(OC2C(CO)OC(OC3CCC4(C)C(=CCC5C4CCC4(C)C5CC5OC(O)(CCC(C)(O)COC6OC(CO)C(O)C(O)C6O)C(C)C54)C3)C(OC3OC(C)C(O)C(O)C3O)C2O)C(O)C(O)C1O. The summed E-state index contributed by atoms with van der Waals surface area (Å²) in [6, 6.07) is 0. The van der Waals surface area contributed by atoms with Gasteiger partial charge in [0.15, 0.2) is 30.9 Å². The number of hydrogen-bond donors (Lipinski definition) is 14. The van der Waals surface area contributed by atoms with E-state index in [0.29, 0.717) is 30.6 Å². The van der Waals surface area contributed by atoms with E-state index in [9.17, 15) is 71.5 Å². The third-order valence-electron chi connectivity index (χ3n) is 19.5. The van der Waals surface area contributed by atoms with Crippen molar-refractivity contribution < 1.29 is 114 Å². The first kappa shape index (κ1) is 57.5. The maximum Gasteiger partial charge on any atom is 0.187 e. The van der Waals surface area contributed by atoms with Crippen molar-refractivity contribution in [2.75, 3.05) is 19.8 Å². The van der Waals surface area contributed by atoms with E-state index in [1.165, 1.54) is 26.3 Å². The topological polar surface area (TPSA) is 366 Å². The van der Waals surface area contributed by atoms with Gasteiger partial charge in [0.1, 0.15) is 85.5 Å². The largest absolute Gasteiger partial charge is 0.394 e. The summed E-state index contributed by atoms with van der Waals surface area (Å²) >= 11 is 0. The average Bonchev–Trinajstić information content (AvgIpc) is 3.81. The number of fused-ring (bicyclic) bond motifs is 7. The van der Waals surface area contributed by atoms with Crippen LogP contribution < -0.4 is 0 Å². The summed E-state index contributed by atoms with van der Waals surface area (Å²) in [5.74, 6) is -0.699. The van der Waals surface area contributed by atoms with Gasteiger partial charge in [0.2, 0.25) is 0 Å². The van der Waals surface area contributed by atoms with Gasteiger partial charge < -0.3 is 114 Å². The van der Waals surface area contributed by atoms with Crippen LogP contribution in [0.1, 0.15) is 99.3 Å². The van der Waals surface area contributed by atoms with E-state index < -0.39 is 154 Å². The Kier molecular flexibility index (Phi) is 16.9. The molecule has 9 aliphatic rings. The minimum Gasteiger partial charge on any atom is -0.394 e. The van der Waals surface area contributed by atoms with Crippen LogP contribution in [0.4, 0.5) is 0 Å². The smallest absolute Gasteiger partial charge is 0.187 e. The standard InChI is InChI=1S/C51H84O23/c1-20-31-28(74-51(20,65)14-13-48(4,64)19-66-44-38(60)37(59)34(56)29(17-52)70-44)16-27-25-8-7-23-15-24(9-11-49(23,5)26(25)10-12-50(27,31)6)69-47-43(73-46-40(62)36(58)33(55)22(3)68-46)41(63)42(30(18-53)71-47)72-45-39(61)35(57)32(54)21(2)67-45/h7,20-22,24-47,52-65H,8-19H2,1-6H3. The maximum atomic E-state index is 12.1. The lowest BCUT2D eigenvalue weighted by Crippen LogP contribution is -2.66. The molecular weight excluding hydrogens is 981 g/mol. The molecular formula is C51H84O23. The van der Waals surface area contributed by atoms with Gasteiger partial charge in [-0.15, -0.1) is 0 Å². The van der Waals surface area contributed by atoms with Crippen LogP contribution in [0, 0.1) is 40.4 Å². The summed E-state index contributed by atoms with van der Waals surface area (Å²) in [4.78, 5) is 0. The molecule has 4 aliphatic carbocycles. The molecule has 9 rings (SSSR count). The first-order chi connectivity index (χ1) is 34.8. The predicted molar refractivity (Wildman–Crippen MR) is 250 cm³/mol. The summed E-state index contributed by atoms with van der Waals surface area (Å²) in [5, 5.41) is 150. The Morgan fingerprint density at radius 2 is 1.23 bits per heavy atom. The molecule has 0 amide bonds. The molecule has 23 nitrogen and oxygen atoms in total. The Morgan fingerprint density at radius 1 is 0.649 bits per heavy atom. The Morgan fingerprint density at radius 3 is 1.85 bits per heavy atom. The molecule has 31 atom stereocenters. The Balaban J connectivity index is 0.852. The summed E-state index contributed by atoms with van der Waals surface area (Å²) in [5.41, 5.74) is -0.562. The van der Waals surface area contributed by atoms with Crippen LogP contribution in [0.5, 0.6) is 0 Å². The first-order valence-corrected chi connectivity index (χ1v) is 26.8. The normalized spacial score (nSPS) is 55.4. The molecule has 0 aromatic rings. The van der Waals surface area contributed by atoms with Crippen LogP contribution in [-0.2, 0) is 42.6 Å². The molecule has 5 saturated heterocycles. The molecule has 74 heavy (non-hydrogen) atoms. The molecule has 14 N–H and O–H groups in total. The van der Waals surface area contributed by atoms with Crippen molar-refractivity contribution in [2.24, 2.45) is 40.4 Å². The molecule has 5 aliphatic heterocycles. The van der Waals surface area contributed by atoms with Crippen molar-refractivity contribution in [3.05, 3.63) is 11.6 Å². The summed E-state index contributed by atoms with van der Waals surface area (Å²) in [6.07, 6.45) is -22.3. The highest BCUT2D eigenvalue weighted by Crippen LogP contribution is 2.70.